The van der Waals surface area contributed by atoms with Gasteiger partial charge in [-0.25, -0.2) is 0 Å². The van der Waals surface area contributed by atoms with E-state index in [0.717, 1.165) is 44.3 Å². The molecule has 1 aromatic rings. The fourth-order valence-corrected chi connectivity index (χ4v) is 5.22. The van der Waals surface area contributed by atoms with Crippen LogP contribution >= 0.6 is 0 Å². The minimum Gasteiger partial charge on any atom is -0.364 e. The second-order valence-corrected chi connectivity index (χ2v) is 8.68. The van der Waals surface area contributed by atoms with E-state index >= 15 is 0 Å². The summed E-state index contributed by atoms with van der Waals surface area (Å²) in [6.07, 6.45) is 9.61. The standard InChI is InChI=1S/C21H29N3O3/c1-15-11-18(25)17(12-22-15)20(27)23-10-4-8-21(13-23)9-7-19(26)24(14-21)16-5-2-3-6-16/h11-12,16H,2-10,13-14H2,1H3,(H,22,25). The van der Waals surface area contributed by atoms with Crippen molar-refractivity contribution in [3.63, 3.8) is 0 Å². The van der Waals surface area contributed by atoms with Crippen LogP contribution in [-0.4, -0.2) is 52.3 Å². The van der Waals surface area contributed by atoms with Crippen LogP contribution in [0.3, 0.4) is 0 Å². The third kappa shape index (κ3) is 3.54. The number of carbonyl (C=O) groups is 2. The van der Waals surface area contributed by atoms with E-state index in [1.165, 1.54) is 25.1 Å². The number of nitrogens with one attached hydrogen (secondary N) is 1. The number of nitrogens with zero attached hydrogens (tertiary/aromatic N) is 2. The van der Waals surface area contributed by atoms with E-state index in [0.29, 0.717) is 25.6 Å². The Morgan fingerprint density at radius 1 is 1.15 bits per heavy atom. The minimum atomic E-state index is -0.220. The van der Waals surface area contributed by atoms with Crippen molar-refractivity contribution in [3.8, 4) is 0 Å². The van der Waals surface area contributed by atoms with Gasteiger partial charge in [-0.1, -0.05) is 12.8 Å². The molecule has 1 aromatic heterocycles. The molecule has 3 aliphatic rings. The van der Waals surface area contributed by atoms with E-state index in [9.17, 15) is 14.4 Å². The summed E-state index contributed by atoms with van der Waals surface area (Å²) in [5.41, 5.74) is 0.742. The fourth-order valence-electron chi connectivity index (χ4n) is 5.22. The van der Waals surface area contributed by atoms with Crippen molar-refractivity contribution in [1.29, 1.82) is 0 Å². The molecule has 1 atom stereocenters. The molecule has 0 bridgehead atoms. The van der Waals surface area contributed by atoms with Crippen molar-refractivity contribution >= 4 is 11.8 Å². The Morgan fingerprint density at radius 3 is 2.67 bits per heavy atom. The molecule has 1 spiro atoms. The van der Waals surface area contributed by atoms with E-state index in [4.69, 9.17) is 0 Å². The Hall–Kier alpha value is -2.11. The highest BCUT2D eigenvalue weighted by atomic mass is 16.2. The first kappa shape index (κ1) is 18.3. The van der Waals surface area contributed by atoms with Gasteiger partial charge in [-0.05, 0) is 39.0 Å². The van der Waals surface area contributed by atoms with Gasteiger partial charge in [0.1, 0.15) is 5.56 Å². The van der Waals surface area contributed by atoms with Gasteiger partial charge in [-0.2, -0.15) is 0 Å². The molecule has 3 heterocycles. The number of hydrogen-bond donors (Lipinski definition) is 1. The second kappa shape index (κ2) is 7.13. The molecule has 1 saturated carbocycles. The number of H-pyrrole nitrogens is 1. The lowest BCUT2D eigenvalue weighted by Crippen LogP contribution is -2.57. The van der Waals surface area contributed by atoms with Crippen LogP contribution in [0.25, 0.3) is 0 Å². The van der Waals surface area contributed by atoms with Crippen molar-refractivity contribution in [3.05, 3.63) is 33.7 Å². The Labute approximate surface area is 159 Å². The van der Waals surface area contributed by atoms with E-state index in [2.05, 4.69) is 9.88 Å². The maximum absolute atomic E-state index is 13.0. The molecule has 2 amide bonds. The van der Waals surface area contributed by atoms with Gasteiger partial charge in [0.15, 0.2) is 5.43 Å². The zero-order valence-electron chi connectivity index (χ0n) is 16.1. The highest BCUT2D eigenvalue weighted by molar-refractivity contribution is 5.94. The number of piperidine rings is 2. The van der Waals surface area contributed by atoms with Gasteiger partial charge in [0, 0.05) is 55.5 Å². The summed E-state index contributed by atoms with van der Waals surface area (Å²) in [5.74, 6) is 0.102. The first-order valence-electron chi connectivity index (χ1n) is 10.3. The summed E-state index contributed by atoms with van der Waals surface area (Å²) in [5, 5.41) is 0. The lowest BCUT2D eigenvalue weighted by molar-refractivity contribution is -0.142. The molecule has 3 fully saturated rings. The first-order valence-corrected chi connectivity index (χ1v) is 10.3. The first-order chi connectivity index (χ1) is 13.0. The number of likely N-dealkylation sites (tertiary alicyclic amines) is 2. The average molecular weight is 371 g/mol. The van der Waals surface area contributed by atoms with Gasteiger partial charge in [-0.15, -0.1) is 0 Å². The Kier molecular flexibility index (Phi) is 4.82. The van der Waals surface area contributed by atoms with Crippen LogP contribution in [0.1, 0.15) is 67.4 Å². The zero-order chi connectivity index (χ0) is 19.0. The molecule has 4 rings (SSSR count). The van der Waals surface area contributed by atoms with E-state index < -0.39 is 0 Å². The molecule has 146 valence electrons. The van der Waals surface area contributed by atoms with E-state index in [-0.39, 0.29) is 28.2 Å². The molecule has 6 heteroatoms. The predicted molar refractivity (Wildman–Crippen MR) is 103 cm³/mol. The summed E-state index contributed by atoms with van der Waals surface area (Å²) in [4.78, 5) is 44.7. The molecule has 0 aromatic carbocycles. The Bertz CT molecular complexity index is 796. The SMILES string of the molecule is Cc1cc(=O)c(C(=O)N2CCCC3(CCC(=O)N(C4CCCC4)C3)C2)c[nH]1. The maximum atomic E-state index is 13.0. The highest BCUT2D eigenvalue weighted by Gasteiger charge is 2.44. The number of pyridine rings is 1. The van der Waals surface area contributed by atoms with E-state index in [1.807, 2.05) is 11.8 Å². The smallest absolute Gasteiger partial charge is 0.259 e. The van der Waals surface area contributed by atoms with Crippen LogP contribution in [0, 0.1) is 12.3 Å². The normalized spacial score (nSPS) is 26.8. The molecule has 6 nitrogen and oxygen atoms in total. The van der Waals surface area contributed by atoms with Crippen molar-refractivity contribution < 1.29 is 9.59 Å². The molecular formula is C21H29N3O3. The van der Waals surface area contributed by atoms with Crippen LogP contribution in [0.4, 0.5) is 0 Å². The number of aromatic amines is 1. The molecular weight excluding hydrogens is 342 g/mol. The molecule has 2 saturated heterocycles. The van der Waals surface area contributed by atoms with Crippen LogP contribution in [0.15, 0.2) is 17.1 Å². The van der Waals surface area contributed by atoms with Gasteiger partial charge in [0.05, 0.1) is 0 Å². The lowest BCUT2D eigenvalue weighted by atomic mass is 9.73. The lowest BCUT2D eigenvalue weighted by Gasteiger charge is -2.49. The number of aromatic nitrogens is 1. The third-order valence-corrected chi connectivity index (χ3v) is 6.70. The summed E-state index contributed by atoms with van der Waals surface area (Å²) in [6, 6.07) is 1.87. The fraction of sp³-hybridized carbons (Fsp3) is 0.667. The topological polar surface area (TPSA) is 73.5 Å². The van der Waals surface area contributed by atoms with Gasteiger partial charge in [0.25, 0.3) is 5.91 Å². The molecule has 1 N–H and O–H groups in total. The summed E-state index contributed by atoms with van der Waals surface area (Å²) < 4.78 is 0. The molecule has 0 radical (unpaired) electrons. The summed E-state index contributed by atoms with van der Waals surface area (Å²) in [6.45, 7) is 3.91. The number of rotatable bonds is 2. The number of aryl methyl sites for hydroxylation is 1. The highest BCUT2D eigenvalue weighted by Crippen LogP contribution is 2.41. The Balaban J connectivity index is 1.52. The number of hydrogen-bond acceptors (Lipinski definition) is 3. The predicted octanol–water partition coefficient (Wildman–Crippen LogP) is 2.47. The molecule has 1 unspecified atom stereocenters. The van der Waals surface area contributed by atoms with Gasteiger partial charge in [-0.3, -0.25) is 14.4 Å². The second-order valence-electron chi connectivity index (χ2n) is 8.68. The van der Waals surface area contributed by atoms with Crippen molar-refractivity contribution in [2.24, 2.45) is 5.41 Å². The number of amides is 2. The summed E-state index contributed by atoms with van der Waals surface area (Å²) in [7, 11) is 0. The minimum absolute atomic E-state index is 0.0120. The summed E-state index contributed by atoms with van der Waals surface area (Å²) >= 11 is 0. The van der Waals surface area contributed by atoms with Crippen LogP contribution < -0.4 is 5.43 Å². The maximum Gasteiger partial charge on any atom is 0.259 e. The number of carbonyl (C=O) groups excluding carboxylic acids is 2. The zero-order valence-corrected chi connectivity index (χ0v) is 16.1. The largest absolute Gasteiger partial charge is 0.364 e. The van der Waals surface area contributed by atoms with Crippen molar-refractivity contribution in [2.45, 2.75) is 64.3 Å². The van der Waals surface area contributed by atoms with E-state index in [1.54, 1.807) is 0 Å². The van der Waals surface area contributed by atoms with Crippen LogP contribution in [0.5, 0.6) is 0 Å². The molecule has 27 heavy (non-hydrogen) atoms. The molecule has 2 aliphatic heterocycles. The Morgan fingerprint density at radius 2 is 1.93 bits per heavy atom. The van der Waals surface area contributed by atoms with Gasteiger partial charge >= 0.3 is 0 Å². The van der Waals surface area contributed by atoms with Crippen molar-refractivity contribution in [1.82, 2.24) is 14.8 Å². The third-order valence-electron chi connectivity index (χ3n) is 6.70. The van der Waals surface area contributed by atoms with Crippen LogP contribution in [0.2, 0.25) is 0 Å². The van der Waals surface area contributed by atoms with Crippen molar-refractivity contribution in [2.75, 3.05) is 19.6 Å². The molecule has 1 aliphatic carbocycles. The quantitative estimate of drug-likeness (QED) is 0.868. The monoisotopic (exact) mass is 371 g/mol. The average Bonchev–Trinajstić information content (AvgIpc) is 3.18. The van der Waals surface area contributed by atoms with Crippen LogP contribution in [-0.2, 0) is 4.79 Å². The van der Waals surface area contributed by atoms with Gasteiger partial charge < -0.3 is 14.8 Å². The van der Waals surface area contributed by atoms with Gasteiger partial charge in [0.2, 0.25) is 5.91 Å².